The highest BCUT2D eigenvalue weighted by Crippen LogP contribution is 2.28. The molecule has 0 spiro atoms. The maximum Gasteiger partial charge on any atom is 0.410 e. The van der Waals surface area contributed by atoms with E-state index in [0.29, 0.717) is 44.7 Å². The van der Waals surface area contributed by atoms with Gasteiger partial charge in [0.1, 0.15) is 5.60 Å². The highest BCUT2D eigenvalue weighted by molar-refractivity contribution is 5.75. The number of nitrogens with one attached hydrogen (secondary N) is 1. The highest BCUT2D eigenvalue weighted by atomic mass is 16.6. The van der Waals surface area contributed by atoms with Gasteiger partial charge in [0, 0.05) is 31.1 Å². The number of aryl methyl sites for hydroxylation is 1. The van der Waals surface area contributed by atoms with E-state index in [0.717, 1.165) is 18.4 Å². The normalized spacial score (nSPS) is 13.6. The fraction of sp³-hybridized carbons (Fsp3) is 0.591. The number of tetrazole rings is 1. The van der Waals surface area contributed by atoms with Crippen molar-refractivity contribution in [3.63, 3.8) is 0 Å². The lowest BCUT2D eigenvalue weighted by Crippen LogP contribution is -2.39. The average molecular weight is 429 g/mol. The van der Waals surface area contributed by atoms with Crippen LogP contribution in [0.3, 0.4) is 0 Å². The second kappa shape index (κ2) is 10.4. The van der Waals surface area contributed by atoms with Crippen LogP contribution in [0.2, 0.25) is 0 Å². The molecule has 1 aliphatic rings. The molecule has 9 nitrogen and oxygen atoms in total. The molecule has 0 unspecified atom stereocenters. The fourth-order valence-electron chi connectivity index (χ4n) is 3.12. The van der Waals surface area contributed by atoms with Gasteiger partial charge in [0.05, 0.1) is 6.54 Å². The summed E-state index contributed by atoms with van der Waals surface area (Å²) in [6.07, 6.45) is 3.49. The maximum absolute atomic E-state index is 12.3. The van der Waals surface area contributed by atoms with E-state index in [1.54, 1.807) is 4.90 Å². The molecule has 1 aromatic carbocycles. The van der Waals surface area contributed by atoms with E-state index in [2.05, 4.69) is 20.7 Å². The van der Waals surface area contributed by atoms with Crippen molar-refractivity contribution in [2.45, 2.75) is 71.1 Å². The monoisotopic (exact) mass is 428 g/mol. The predicted octanol–water partition coefficient (Wildman–Crippen LogP) is 3.03. The van der Waals surface area contributed by atoms with Crippen molar-refractivity contribution in [1.82, 2.24) is 30.4 Å². The van der Waals surface area contributed by atoms with Crippen molar-refractivity contribution in [1.29, 1.82) is 0 Å². The standard InChI is InChI=1S/C22H32N6O3/c1-22(2,3)31-21(30)27(18-12-13-18)15-8-14-23-19(29)11-7-16-28-25-20(24-26-28)17-9-5-4-6-10-17/h4-6,9-10,18H,7-8,11-16H2,1-3H3,(H,23,29). The lowest BCUT2D eigenvalue weighted by molar-refractivity contribution is -0.121. The zero-order valence-corrected chi connectivity index (χ0v) is 18.6. The summed E-state index contributed by atoms with van der Waals surface area (Å²) in [4.78, 5) is 27.7. The zero-order valence-electron chi connectivity index (χ0n) is 18.6. The molecule has 3 rings (SSSR count). The molecule has 0 saturated heterocycles. The number of rotatable bonds is 10. The summed E-state index contributed by atoms with van der Waals surface area (Å²) in [6.45, 7) is 7.26. The summed E-state index contributed by atoms with van der Waals surface area (Å²) in [5.74, 6) is 0.564. The molecule has 1 fully saturated rings. The number of carbonyl (C=O) groups excluding carboxylic acids is 2. The summed E-state index contributed by atoms with van der Waals surface area (Å²) in [6, 6.07) is 9.94. The summed E-state index contributed by atoms with van der Waals surface area (Å²) in [5.41, 5.74) is 0.414. The summed E-state index contributed by atoms with van der Waals surface area (Å²) >= 11 is 0. The second-order valence-corrected chi connectivity index (χ2v) is 8.79. The Labute approximate surface area is 183 Å². The third-order valence-electron chi connectivity index (χ3n) is 4.76. The van der Waals surface area contributed by atoms with Gasteiger partial charge in [0.15, 0.2) is 0 Å². The fourth-order valence-corrected chi connectivity index (χ4v) is 3.12. The Kier molecular flexibility index (Phi) is 7.59. The minimum Gasteiger partial charge on any atom is -0.444 e. The number of ether oxygens (including phenoxy) is 1. The van der Waals surface area contributed by atoms with Gasteiger partial charge in [-0.15, -0.1) is 10.2 Å². The van der Waals surface area contributed by atoms with Crippen LogP contribution >= 0.6 is 0 Å². The largest absolute Gasteiger partial charge is 0.444 e. The van der Waals surface area contributed by atoms with Gasteiger partial charge >= 0.3 is 6.09 Å². The second-order valence-electron chi connectivity index (χ2n) is 8.79. The number of benzene rings is 1. The van der Waals surface area contributed by atoms with E-state index in [1.807, 2.05) is 51.1 Å². The van der Waals surface area contributed by atoms with Gasteiger partial charge in [-0.25, -0.2) is 4.79 Å². The molecule has 1 aromatic heterocycles. The first-order valence-corrected chi connectivity index (χ1v) is 10.9. The molecule has 168 valence electrons. The van der Waals surface area contributed by atoms with Gasteiger partial charge in [-0.2, -0.15) is 4.80 Å². The molecule has 31 heavy (non-hydrogen) atoms. The van der Waals surface area contributed by atoms with Gasteiger partial charge in [0.25, 0.3) is 0 Å². The Morgan fingerprint density at radius 1 is 1.19 bits per heavy atom. The molecular formula is C22H32N6O3. The van der Waals surface area contributed by atoms with Crippen molar-refractivity contribution in [2.24, 2.45) is 0 Å². The van der Waals surface area contributed by atoms with Crippen molar-refractivity contribution < 1.29 is 14.3 Å². The molecule has 0 atom stereocenters. The smallest absolute Gasteiger partial charge is 0.410 e. The molecule has 2 aromatic rings. The third kappa shape index (κ3) is 7.66. The maximum atomic E-state index is 12.3. The van der Waals surface area contributed by atoms with Gasteiger partial charge in [-0.3, -0.25) is 4.79 Å². The predicted molar refractivity (Wildman–Crippen MR) is 116 cm³/mol. The Morgan fingerprint density at radius 3 is 2.61 bits per heavy atom. The summed E-state index contributed by atoms with van der Waals surface area (Å²) < 4.78 is 5.48. The van der Waals surface area contributed by atoms with Crippen molar-refractivity contribution in [3.8, 4) is 11.4 Å². The summed E-state index contributed by atoms with van der Waals surface area (Å²) in [7, 11) is 0. The van der Waals surface area contributed by atoms with Crippen molar-refractivity contribution in [3.05, 3.63) is 30.3 Å². The number of carbonyl (C=O) groups is 2. The molecule has 0 bridgehead atoms. The molecule has 0 radical (unpaired) electrons. The van der Waals surface area contributed by atoms with E-state index in [-0.39, 0.29) is 18.0 Å². The Morgan fingerprint density at radius 2 is 1.94 bits per heavy atom. The van der Waals surface area contributed by atoms with E-state index in [9.17, 15) is 9.59 Å². The molecule has 1 aliphatic carbocycles. The molecule has 1 heterocycles. The van der Waals surface area contributed by atoms with E-state index in [4.69, 9.17) is 4.74 Å². The van der Waals surface area contributed by atoms with Crippen LogP contribution in [0.25, 0.3) is 11.4 Å². The molecular weight excluding hydrogens is 396 g/mol. The van der Waals surface area contributed by atoms with Crippen LogP contribution in [0.4, 0.5) is 4.79 Å². The number of hydrogen-bond acceptors (Lipinski definition) is 6. The molecule has 9 heteroatoms. The quantitative estimate of drug-likeness (QED) is 0.584. The molecule has 2 amide bonds. The highest BCUT2D eigenvalue weighted by Gasteiger charge is 2.34. The van der Waals surface area contributed by atoms with E-state index < -0.39 is 5.60 Å². The zero-order chi connectivity index (χ0) is 22.3. The van der Waals surface area contributed by atoms with Crippen LogP contribution in [0.5, 0.6) is 0 Å². The van der Waals surface area contributed by atoms with E-state index in [1.165, 1.54) is 4.80 Å². The van der Waals surface area contributed by atoms with Crippen LogP contribution in [-0.4, -0.2) is 61.8 Å². The Bertz CT molecular complexity index is 858. The van der Waals surface area contributed by atoms with E-state index >= 15 is 0 Å². The van der Waals surface area contributed by atoms with Gasteiger partial charge in [-0.1, -0.05) is 30.3 Å². The van der Waals surface area contributed by atoms with Crippen molar-refractivity contribution in [2.75, 3.05) is 13.1 Å². The van der Waals surface area contributed by atoms with Crippen LogP contribution in [0.15, 0.2) is 30.3 Å². The number of aromatic nitrogens is 4. The first kappa shape index (κ1) is 22.7. The SMILES string of the molecule is CC(C)(C)OC(=O)N(CCCNC(=O)CCCn1nnc(-c2ccccc2)n1)C1CC1. The third-order valence-corrected chi connectivity index (χ3v) is 4.76. The topological polar surface area (TPSA) is 102 Å². The van der Waals surface area contributed by atoms with Crippen LogP contribution in [0.1, 0.15) is 52.9 Å². The summed E-state index contributed by atoms with van der Waals surface area (Å²) in [5, 5.41) is 15.4. The molecule has 1 N–H and O–H groups in total. The van der Waals surface area contributed by atoms with Gasteiger partial charge in [-0.05, 0) is 51.7 Å². The van der Waals surface area contributed by atoms with Crippen molar-refractivity contribution >= 4 is 12.0 Å². The first-order valence-electron chi connectivity index (χ1n) is 10.9. The lowest BCUT2D eigenvalue weighted by atomic mass is 10.2. The lowest BCUT2D eigenvalue weighted by Gasteiger charge is -2.27. The number of amides is 2. The average Bonchev–Trinajstić information content (AvgIpc) is 3.44. The Hall–Kier alpha value is -2.97. The number of nitrogens with zero attached hydrogens (tertiary/aromatic N) is 5. The van der Waals surface area contributed by atoms with Gasteiger partial charge < -0.3 is 15.0 Å². The van der Waals surface area contributed by atoms with Crippen LogP contribution in [-0.2, 0) is 16.1 Å². The molecule has 1 saturated carbocycles. The first-order chi connectivity index (χ1) is 14.8. The number of hydrogen-bond donors (Lipinski definition) is 1. The molecule has 0 aliphatic heterocycles. The Balaban J connectivity index is 1.32. The van der Waals surface area contributed by atoms with Gasteiger partial charge in [0.2, 0.25) is 11.7 Å². The minimum absolute atomic E-state index is 0.0151. The van der Waals surface area contributed by atoms with Crippen LogP contribution in [0, 0.1) is 0 Å². The minimum atomic E-state index is -0.501. The van der Waals surface area contributed by atoms with Crippen LogP contribution < -0.4 is 5.32 Å².